The van der Waals surface area contributed by atoms with Gasteiger partial charge in [0.2, 0.25) is 5.91 Å². The van der Waals surface area contributed by atoms with E-state index in [2.05, 4.69) is 20.9 Å². The number of carbonyl (C=O) groups is 1. The fourth-order valence-corrected chi connectivity index (χ4v) is 3.26. The highest BCUT2D eigenvalue weighted by atomic mass is 127. The molecule has 0 spiro atoms. The van der Waals surface area contributed by atoms with Gasteiger partial charge in [-0.15, -0.1) is 24.0 Å². The van der Waals surface area contributed by atoms with Crippen molar-refractivity contribution in [2.75, 3.05) is 18.4 Å². The highest BCUT2D eigenvalue weighted by Crippen LogP contribution is 2.31. The van der Waals surface area contributed by atoms with Crippen LogP contribution in [0.2, 0.25) is 0 Å². The smallest absolute Gasteiger partial charge is 0.225 e. The van der Waals surface area contributed by atoms with Crippen LogP contribution in [-0.4, -0.2) is 30.1 Å². The number of carbonyl (C=O) groups excluding carboxylic acids is 1. The van der Waals surface area contributed by atoms with E-state index in [1.165, 1.54) is 6.07 Å². The van der Waals surface area contributed by atoms with Crippen LogP contribution in [0.5, 0.6) is 0 Å². The number of guanidine groups is 1. The van der Waals surface area contributed by atoms with Crippen molar-refractivity contribution in [1.82, 2.24) is 10.6 Å². The van der Waals surface area contributed by atoms with Gasteiger partial charge in [-0.25, -0.2) is 9.38 Å². The van der Waals surface area contributed by atoms with Crippen LogP contribution in [0.4, 0.5) is 10.1 Å². The summed E-state index contributed by atoms with van der Waals surface area (Å²) in [5, 5.41) is 18.6. The Morgan fingerprint density at radius 1 is 1.28 bits per heavy atom. The van der Waals surface area contributed by atoms with Crippen molar-refractivity contribution in [1.29, 1.82) is 0 Å². The zero-order valence-corrected chi connectivity index (χ0v) is 18.6. The number of aliphatic hydroxyl groups is 1. The molecule has 2 aromatic carbocycles. The van der Waals surface area contributed by atoms with Gasteiger partial charge in [0.05, 0.1) is 13.2 Å². The van der Waals surface area contributed by atoms with Crippen LogP contribution >= 0.6 is 24.0 Å². The van der Waals surface area contributed by atoms with Gasteiger partial charge in [0.25, 0.3) is 0 Å². The van der Waals surface area contributed by atoms with Crippen LogP contribution in [0, 0.1) is 5.82 Å². The molecule has 29 heavy (non-hydrogen) atoms. The Balaban J connectivity index is 0.00000300. The summed E-state index contributed by atoms with van der Waals surface area (Å²) in [6, 6.07) is 12.4. The first-order chi connectivity index (χ1) is 13.6. The lowest BCUT2D eigenvalue weighted by Crippen LogP contribution is -2.40. The molecule has 1 amide bonds. The Morgan fingerprint density at radius 2 is 2.07 bits per heavy atom. The number of nitrogens with one attached hydrogen (secondary N) is 3. The van der Waals surface area contributed by atoms with E-state index in [9.17, 15) is 14.3 Å². The van der Waals surface area contributed by atoms with Gasteiger partial charge >= 0.3 is 0 Å². The Hall–Kier alpha value is -2.20. The maximum atomic E-state index is 13.5. The number of rotatable bonds is 6. The fraction of sp³-hybridized carbons (Fsp3) is 0.333. The van der Waals surface area contributed by atoms with Gasteiger partial charge in [-0.05, 0) is 36.2 Å². The summed E-state index contributed by atoms with van der Waals surface area (Å²) in [6.45, 7) is 3.25. The second kappa shape index (κ2) is 11.1. The lowest BCUT2D eigenvalue weighted by Gasteiger charge is -2.26. The molecule has 8 heteroatoms. The van der Waals surface area contributed by atoms with Crippen molar-refractivity contribution < 1.29 is 14.3 Å². The average Bonchev–Trinajstić information content (AvgIpc) is 2.70. The first kappa shape index (κ1) is 23.1. The van der Waals surface area contributed by atoms with Crippen molar-refractivity contribution in [2.24, 2.45) is 4.99 Å². The summed E-state index contributed by atoms with van der Waals surface area (Å²) in [7, 11) is 0. The number of amides is 1. The van der Waals surface area contributed by atoms with E-state index in [-0.39, 0.29) is 48.0 Å². The van der Waals surface area contributed by atoms with Crippen molar-refractivity contribution in [3.63, 3.8) is 0 Å². The zero-order chi connectivity index (χ0) is 19.9. The number of benzene rings is 2. The highest BCUT2D eigenvalue weighted by Gasteiger charge is 2.24. The molecule has 0 aromatic heterocycles. The Labute approximate surface area is 187 Å². The van der Waals surface area contributed by atoms with Crippen LogP contribution in [0.1, 0.15) is 36.0 Å². The van der Waals surface area contributed by atoms with E-state index < -0.39 is 5.82 Å². The molecule has 3 rings (SSSR count). The van der Waals surface area contributed by atoms with Crippen LogP contribution in [-0.2, 0) is 17.9 Å². The molecule has 1 heterocycles. The van der Waals surface area contributed by atoms with Crippen LogP contribution in [0.15, 0.2) is 47.5 Å². The molecular formula is C21H26FIN4O2. The number of halogens is 2. The summed E-state index contributed by atoms with van der Waals surface area (Å²) in [6.07, 6.45) is 0.418. The largest absolute Gasteiger partial charge is 0.392 e. The van der Waals surface area contributed by atoms with Crippen molar-refractivity contribution in [3.8, 4) is 0 Å². The topological polar surface area (TPSA) is 85.8 Å². The molecule has 2 aromatic rings. The summed E-state index contributed by atoms with van der Waals surface area (Å²) >= 11 is 0. The van der Waals surface area contributed by atoms with Crippen LogP contribution < -0.4 is 16.0 Å². The zero-order valence-electron chi connectivity index (χ0n) is 16.2. The number of para-hydroxylation sites is 1. The van der Waals surface area contributed by atoms with E-state index in [0.717, 1.165) is 16.8 Å². The second-order valence-electron chi connectivity index (χ2n) is 6.70. The third-order valence-electron chi connectivity index (χ3n) is 4.67. The summed E-state index contributed by atoms with van der Waals surface area (Å²) in [4.78, 5) is 16.5. The van der Waals surface area contributed by atoms with E-state index in [4.69, 9.17) is 0 Å². The quantitative estimate of drug-likeness (QED) is 0.272. The van der Waals surface area contributed by atoms with Gasteiger partial charge < -0.3 is 21.1 Å². The van der Waals surface area contributed by atoms with E-state index in [1.54, 1.807) is 12.1 Å². The van der Waals surface area contributed by atoms with Gasteiger partial charge in [0.1, 0.15) is 5.82 Å². The predicted molar refractivity (Wildman–Crippen MR) is 123 cm³/mol. The molecule has 156 valence electrons. The monoisotopic (exact) mass is 512 g/mol. The van der Waals surface area contributed by atoms with Gasteiger partial charge in [0.15, 0.2) is 5.96 Å². The first-order valence-corrected chi connectivity index (χ1v) is 9.39. The number of hydrogen-bond donors (Lipinski definition) is 4. The molecule has 0 radical (unpaired) electrons. The van der Waals surface area contributed by atoms with Crippen LogP contribution in [0.25, 0.3) is 0 Å². The van der Waals surface area contributed by atoms with Gasteiger partial charge in [0, 0.05) is 36.7 Å². The first-order valence-electron chi connectivity index (χ1n) is 9.39. The molecular weight excluding hydrogens is 486 g/mol. The molecule has 0 saturated carbocycles. The second-order valence-corrected chi connectivity index (χ2v) is 6.70. The molecule has 6 nitrogen and oxygen atoms in total. The van der Waals surface area contributed by atoms with Gasteiger partial charge in [-0.3, -0.25) is 4.79 Å². The van der Waals surface area contributed by atoms with Gasteiger partial charge in [-0.1, -0.05) is 24.3 Å². The summed E-state index contributed by atoms with van der Waals surface area (Å²) < 4.78 is 13.5. The number of aliphatic hydroxyl groups excluding tert-OH is 1. The molecule has 1 atom stereocenters. The predicted octanol–water partition coefficient (Wildman–Crippen LogP) is 3.12. The normalized spacial score (nSPS) is 15.8. The third-order valence-corrected chi connectivity index (χ3v) is 4.67. The molecule has 0 bridgehead atoms. The molecule has 1 unspecified atom stereocenters. The molecule has 0 aliphatic carbocycles. The van der Waals surface area contributed by atoms with Crippen LogP contribution in [0.3, 0.4) is 0 Å². The minimum atomic E-state index is -0.422. The fourth-order valence-electron chi connectivity index (χ4n) is 3.26. The Kier molecular flexibility index (Phi) is 8.84. The maximum Gasteiger partial charge on any atom is 0.225 e. The standard InChI is InChI=1S/C21H25FN4O2.HI/c1-2-23-21(24-11-14-7-8-18(22)16(9-14)13-27)25-12-15-10-20(28)26-19-6-4-3-5-17(15)19;/h3-9,15,27H,2,10-13H2,1H3,(H,26,28)(H2,23,24,25);1H. The Bertz CT molecular complexity index is 876. The van der Waals surface area contributed by atoms with E-state index >= 15 is 0 Å². The summed E-state index contributed by atoms with van der Waals surface area (Å²) in [5.41, 5.74) is 3.03. The minimum Gasteiger partial charge on any atom is -0.392 e. The van der Waals surface area contributed by atoms with Crippen molar-refractivity contribution in [3.05, 3.63) is 65.0 Å². The lowest BCUT2D eigenvalue weighted by atomic mass is 9.90. The number of anilines is 1. The Morgan fingerprint density at radius 3 is 2.83 bits per heavy atom. The molecule has 0 fully saturated rings. The third kappa shape index (κ3) is 6.14. The molecule has 4 N–H and O–H groups in total. The number of hydrogen-bond acceptors (Lipinski definition) is 3. The number of fused-ring (bicyclic) bond motifs is 1. The lowest BCUT2D eigenvalue weighted by molar-refractivity contribution is -0.116. The van der Waals surface area contributed by atoms with E-state index in [0.29, 0.717) is 32.0 Å². The summed E-state index contributed by atoms with van der Waals surface area (Å²) in [5.74, 6) is 0.270. The minimum absolute atomic E-state index is 0. The average molecular weight is 512 g/mol. The highest BCUT2D eigenvalue weighted by molar-refractivity contribution is 14.0. The van der Waals surface area contributed by atoms with Crippen molar-refractivity contribution in [2.45, 2.75) is 32.4 Å². The number of nitrogens with zero attached hydrogens (tertiary/aromatic N) is 1. The maximum absolute atomic E-state index is 13.5. The molecule has 0 saturated heterocycles. The van der Waals surface area contributed by atoms with E-state index in [1.807, 2.05) is 31.2 Å². The SMILES string of the molecule is CCNC(=NCc1ccc(F)c(CO)c1)NCC1CC(=O)Nc2ccccc21.I. The van der Waals surface area contributed by atoms with Crippen molar-refractivity contribution >= 4 is 41.5 Å². The molecule has 1 aliphatic rings. The number of aliphatic imine (C=N–C) groups is 1. The molecule has 1 aliphatic heterocycles. The van der Waals surface area contributed by atoms with Gasteiger partial charge in [-0.2, -0.15) is 0 Å².